The number of anilines is 1. The lowest BCUT2D eigenvalue weighted by Crippen LogP contribution is -2.13. The summed E-state index contributed by atoms with van der Waals surface area (Å²) in [6.45, 7) is 3.93. The highest BCUT2D eigenvalue weighted by Crippen LogP contribution is 2.29. The number of halogens is 1. The number of rotatable bonds is 3. The van der Waals surface area contributed by atoms with Crippen molar-refractivity contribution in [2.45, 2.75) is 13.8 Å². The van der Waals surface area contributed by atoms with E-state index >= 15 is 0 Å². The van der Waals surface area contributed by atoms with E-state index in [4.69, 9.17) is 11.6 Å². The van der Waals surface area contributed by atoms with Gasteiger partial charge < -0.3 is 10.3 Å². The van der Waals surface area contributed by atoms with Crippen LogP contribution in [0, 0.1) is 13.8 Å². The third kappa shape index (κ3) is 3.44. The Morgan fingerprint density at radius 2 is 1.85 bits per heavy atom. The highest BCUT2D eigenvalue weighted by atomic mass is 35.5. The molecule has 0 aliphatic heterocycles. The molecule has 0 atom stereocenters. The average Bonchev–Trinajstić information content (AvgIpc) is 3.07. The monoisotopic (exact) mass is 375 g/mol. The number of carbonyl (C=O) groups is 1. The molecular formula is C22H18ClN3O. The molecule has 4 nitrogen and oxygen atoms in total. The van der Waals surface area contributed by atoms with E-state index in [0.29, 0.717) is 16.3 Å². The van der Waals surface area contributed by atoms with Crippen molar-refractivity contribution in [1.29, 1.82) is 0 Å². The fourth-order valence-corrected chi connectivity index (χ4v) is 3.28. The Labute approximate surface area is 162 Å². The minimum Gasteiger partial charge on any atom is -0.338 e. The first kappa shape index (κ1) is 17.3. The van der Waals surface area contributed by atoms with Gasteiger partial charge in [0.15, 0.2) is 0 Å². The number of imidazole rings is 1. The SMILES string of the molecule is Cc1ccc(C(=O)Nc2cc(-c3nc4ccccc4[nH]3)ccc2Cl)c(C)c1. The molecule has 27 heavy (non-hydrogen) atoms. The summed E-state index contributed by atoms with van der Waals surface area (Å²) in [4.78, 5) is 20.6. The summed E-state index contributed by atoms with van der Waals surface area (Å²) in [6, 6.07) is 19.1. The van der Waals surface area contributed by atoms with Crippen molar-refractivity contribution in [3.05, 3.63) is 82.4 Å². The van der Waals surface area contributed by atoms with Crippen molar-refractivity contribution >= 4 is 34.2 Å². The van der Waals surface area contributed by atoms with Gasteiger partial charge in [-0.05, 0) is 55.8 Å². The number of H-pyrrole nitrogens is 1. The Kier molecular flexibility index (Phi) is 4.42. The second kappa shape index (κ2) is 6.89. The summed E-state index contributed by atoms with van der Waals surface area (Å²) >= 11 is 6.31. The largest absolute Gasteiger partial charge is 0.338 e. The number of aromatic nitrogens is 2. The maximum atomic E-state index is 12.7. The zero-order chi connectivity index (χ0) is 19.0. The van der Waals surface area contributed by atoms with Crippen LogP contribution < -0.4 is 5.32 Å². The highest BCUT2D eigenvalue weighted by Gasteiger charge is 2.13. The smallest absolute Gasteiger partial charge is 0.255 e. The summed E-state index contributed by atoms with van der Waals surface area (Å²) in [5.41, 5.74) is 5.94. The minimum atomic E-state index is -0.184. The van der Waals surface area contributed by atoms with Gasteiger partial charge in [0.1, 0.15) is 5.82 Å². The molecule has 0 saturated heterocycles. The molecule has 1 aromatic heterocycles. The summed E-state index contributed by atoms with van der Waals surface area (Å²) in [5.74, 6) is 0.547. The number of aromatic amines is 1. The lowest BCUT2D eigenvalue weighted by molar-refractivity contribution is 0.102. The van der Waals surface area contributed by atoms with Gasteiger partial charge in [0, 0.05) is 11.1 Å². The van der Waals surface area contributed by atoms with Crippen molar-refractivity contribution in [1.82, 2.24) is 9.97 Å². The quantitative estimate of drug-likeness (QED) is 0.478. The van der Waals surface area contributed by atoms with Crippen LogP contribution in [0.3, 0.4) is 0 Å². The van der Waals surface area contributed by atoms with Gasteiger partial charge in [0.05, 0.1) is 21.7 Å². The molecule has 4 aromatic rings. The van der Waals surface area contributed by atoms with E-state index in [1.54, 1.807) is 6.07 Å². The molecule has 1 heterocycles. The van der Waals surface area contributed by atoms with Crippen molar-refractivity contribution in [3.8, 4) is 11.4 Å². The Morgan fingerprint density at radius 3 is 2.63 bits per heavy atom. The van der Waals surface area contributed by atoms with E-state index in [1.807, 2.05) is 68.4 Å². The Bertz CT molecular complexity index is 1130. The summed E-state index contributed by atoms with van der Waals surface area (Å²) in [6.07, 6.45) is 0. The molecule has 4 rings (SSSR count). The predicted octanol–water partition coefficient (Wildman–Crippen LogP) is 5.75. The van der Waals surface area contributed by atoms with Crippen LogP contribution in [-0.4, -0.2) is 15.9 Å². The Morgan fingerprint density at radius 1 is 1.04 bits per heavy atom. The van der Waals surface area contributed by atoms with Crippen molar-refractivity contribution in [3.63, 3.8) is 0 Å². The van der Waals surface area contributed by atoms with E-state index in [2.05, 4.69) is 15.3 Å². The molecular weight excluding hydrogens is 358 g/mol. The zero-order valence-corrected chi connectivity index (χ0v) is 15.8. The molecule has 0 bridgehead atoms. The number of nitrogens with zero attached hydrogens (tertiary/aromatic N) is 1. The van der Waals surface area contributed by atoms with Gasteiger partial charge in [-0.15, -0.1) is 0 Å². The first-order valence-corrected chi connectivity index (χ1v) is 9.02. The number of nitrogens with one attached hydrogen (secondary N) is 2. The first-order valence-electron chi connectivity index (χ1n) is 8.64. The lowest BCUT2D eigenvalue weighted by atomic mass is 10.0. The third-order valence-corrected chi connectivity index (χ3v) is 4.83. The fraction of sp³-hybridized carbons (Fsp3) is 0.0909. The molecule has 0 aliphatic rings. The van der Waals surface area contributed by atoms with Gasteiger partial charge in [-0.1, -0.05) is 41.4 Å². The van der Waals surface area contributed by atoms with Gasteiger partial charge in [0.2, 0.25) is 0 Å². The highest BCUT2D eigenvalue weighted by molar-refractivity contribution is 6.34. The fourth-order valence-electron chi connectivity index (χ4n) is 3.12. The van der Waals surface area contributed by atoms with Crippen molar-refractivity contribution in [2.24, 2.45) is 0 Å². The molecule has 134 valence electrons. The molecule has 0 saturated carbocycles. The van der Waals surface area contributed by atoms with Gasteiger partial charge in [-0.2, -0.15) is 0 Å². The lowest BCUT2D eigenvalue weighted by Gasteiger charge is -2.11. The van der Waals surface area contributed by atoms with Crippen molar-refractivity contribution < 1.29 is 4.79 Å². The van der Waals surface area contributed by atoms with Crippen LogP contribution in [0.5, 0.6) is 0 Å². The van der Waals surface area contributed by atoms with Crippen LogP contribution in [-0.2, 0) is 0 Å². The summed E-state index contributed by atoms with van der Waals surface area (Å²) in [7, 11) is 0. The van der Waals surface area contributed by atoms with E-state index in [0.717, 1.165) is 33.5 Å². The molecule has 0 spiro atoms. The maximum absolute atomic E-state index is 12.7. The van der Waals surface area contributed by atoms with Crippen LogP contribution in [0.15, 0.2) is 60.7 Å². The number of para-hydroxylation sites is 2. The van der Waals surface area contributed by atoms with E-state index < -0.39 is 0 Å². The Balaban J connectivity index is 1.67. The molecule has 3 aromatic carbocycles. The number of hydrogen-bond donors (Lipinski definition) is 2. The van der Waals surface area contributed by atoms with E-state index in [-0.39, 0.29) is 5.91 Å². The number of carbonyl (C=O) groups excluding carboxylic acids is 1. The van der Waals surface area contributed by atoms with E-state index in [9.17, 15) is 4.79 Å². The van der Waals surface area contributed by atoms with Crippen LogP contribution in [0.2, 0.25) is 5.02 Å². The third-order valence-electron chi connectivity index (χ3n) is 4.50. The number of fused-ring (bicyclic) bond motifs is 1. The molecule has 0 aliphatic carbocycles. The van der Waals surface area contributed by atoms with Crippen LogP contribution in [0.4, 0.5) is 5.69 Å². The minimum absolute atomic E-state index is 0.184. The van der Waals surface area contributed by atoms with Crippen molar-refractivity contribution in [2.75, 3.05) is 5.32 Å². The van der Waals surface area contributed by atoms with Crippen LogP contribution in [0.1, 0.15) is 21.5 Å². The number of aryl methyl sites for hydroxylation is 2. The average molecular weight is 376 g/mol. The summed E-state index contributed by atoms with van der Waals surface area (Å²) in [5, 5.41) is 3.40. The van der Waals surface area contributed by atoms with Gasteiger partial charge >= 0.3 is 0 Å². The molecule has 1 amide bonds. The predicted molar refractivity (Wildman–Crippen MR) is 110 cm³/mol. The molecule has 2 N–H and O–H groups in total. The van der Waals surface area contributed by atoms with Gasteiger partial charge in [-0.25, -0.2) is 4.98 Å². The van der Waals surface area contributed by atoms with Gasteiger partial charge in [-0.3, -0.25) is 4.79 Å². The normalized spacial score (nSPS) is 10.9. The van der Waals surface area contributed by atoms with Gasteiger partial charge in [0.25, 0.3) is 5.91 Å². The molecule has 0 radical (unpaired) electrons. The second-order valence-corrected chi connectivity index (χ2v) is 6.98. The van der Waals surface area contributed by atoms with Crippen LogP contribution >= 0.6 is 11.6 Å². The maximum Gasteiger partial charge on any atom is 0.255 e. The van der Waals surface area contributed by atoms with Crippen LogP contribution in [0.25, 0.3) is 22.4 Å². The Hall–Kier alpha value is -3.11. The standard InChI is InChI=1S/C22H18ClN3O/c1-13-7-9-16(14(2)11-13)22(27)26-20-12-15(8-10-17(20)23)21-24-18-5-3-4-6-19(18)25-21/h3-12H,1-2H3,(H,24,25)(H,26,27). The first-order chi connectivity index (χ1) is 13.0. The number of benzene rings is 3. The number of hydrogen-bond acceptors (Lipinski definition) is 2. The zero-order valence-electron chi connectivity index (χ0n) is 15.0. The molecule has 0 unspecified atom stereocenters. The number of amides is 1. The second-order valence-electron chi connectivity index (χ2n) is 6.57. The molecule has 5 heteroatoms. The topological polar surface area (TPSA) is 57.8 Å². The van der Waals surface area contributed by atoms with E-state index in [1.165, 1.54) is 0 Å². The summed E-state index contributed by atoms with van der Waals surface area (Å²) < 4.78 is 0. The molecule has 0 fully saturated rings.